The van der Waals surface area contributed by atoms with Gasteiger partial charge < -0.3 is 14.5 Å². The second-order valence-electron chi connectivity index (χ2n) is 10.2. The van der Waals surface area contributed by atoms with Crippen LogP contribution in [0.5, 0.6) is 0 Å². The molecule has 2 aliphatic heterocycles. The lowest BCUT2D eigenvalue weighted by molar-refractivity contribution is -0.157. The van der Waals surface area contributed by atoms with Gasteiger partial charge in [0, 0.05) is 59.5 Å². The van der Waals surface area contributed by atoms with Crippen LogP contribution in [0.2, 0.25) is 15.1 Å². The molecule has 5 rings (SSSR count). The number of aromatic nitrogens is 3. The molecule has 2 saturated heterocycles. The molecule has 0 spiro atoms. The van der Waals surface area contributed by atoms with Crippen molar-refractivity contribution in [3.05, 3.63) is 69.3 Å². The van der Waals surface area contributed by atoms with E-state index in [2.05, 4.69) is 10.3 Å². The summed E-state index contributed by atoms with van der Waals surface area (Å²) in [5.41, 5.74) is 1.00. The van der Waals surface area contributed by atoms with E-state index in [-0.39, 0.29) is 37.1 Å². The summed E-state index contributed by atoms with van der Waals surface area (Å²) >= 11 is 18.3. The van der Waals surface area contributed by atoms with E-state index in [1.165, 1.54) is 11.8 Å². The van der Waals surface area contributed by atoms with E-state index >= 15 is 0 Å². The Morgan fingerprint density at radius 2 is 1.68 bits per heavy atom. The number of methoxy groups -OCH3 is 1. The smallest absolute Gasteiger partial charge is 0.334 e. The van der Waals surface area contributed by atoms with Crippen LogP contribution in [-0.4, -0.2) is 69.3 Å². The summed E-state index contributed by atoms with van der Waals surface area (Å²) in [5, 5.41) is 10.0. The molecule has 0 saturated carbocycles. The quantitative estimate of drug-likeness (QED) is 0.367. The van der Waals surface area contributed by atoms with Crippen molar-refractivity contribution in [3.63, 3.8) is 0 Å². The third kappa shape index (κ3) is 5.42. The van der Waals surface area contributed by atoms with Crippen LogP contribution in [0, 0.1) is 5.92 Å². The van der Waals surface area contributed by atoms with Gasteiger partial charge in [-0.15, -0.1) is 5.10 Å². The van der Waals surface area contributed by atoms with Crippen LogP contribution in [0.1, 0.15) is 37.8 Å². The van der Waals surface area contributed by atoms with Crippen LogP contribution in [0.4, 0.5) is 0 Å². The van der Waals surface area contributed by atoms with Gasteiger partial charge in [-0.25, -0.2) is 9.48 Å². The number of piperidine rings is 1. The molecule has 2 atom stereocenters. The molecular formula is C28H28Cl3N5O4. The fraction of sp³-hybridized carbons (Fsp3) is 0.393. The summed E-state index contributed by atoms with van der Waals surface area (Å²) in [7, 11) is 1.33. The van der Waals surface area contributed by atoms with E-state index < -0.39 is 17.4 Å². The zero-order chi connectivity index (χ0) is 28.6. The van der Waals surface area contributed by atoms with Crippen molar-refractivity contribution in [1.29, 1.82) is 0 Å². The Balaban J connectivity index is 1.29. The van der Waals surface area contributed by atoms with E-state index in [4.69, 9.17) is 39.5 Å². The Hall–Kier alpha value is -3.14. The van der Waals surface area contributed by atoms with E-state index in [0.717, 1.165) is 5.56 Å². The highest BCUT2D eigenvalue weighted by Crippen LogP contribution is 2.35. The molecule has 3 heterocycles. The molecule has 0 aliphatic carbocycles. The third-order valence-corrected chi connectivity index (χ3v) is 8.57. The predicted octanol–water partition coefficient (Wildman–Crippen LogP) is 5.01. The van der Waals surface area contributed by atoms with Crippen molar-refractivity contribution >= 4 is 52.6 Å². The first kappa shape index (κ1) is 28.4. The molecule has 3 aromatic rings. The van der Waals surface area contributed by atoms with Crippen LogP contribution in [-0.2, 0) is 24.7 Å². The topological polar surface area (TPSA) is 97.6 Å². The minimum absolute atomic E-state index is 0.0574. The van der Waals surface area contributed by atoms with Gasteiger partial charge in [0.05, 0.1) is 25.3 Å². The number of amides is 2. The molecule has 1 unspecified atom stereocenters. The highest BCUT2D eigenvalue weighted by Gasteiger charge is 2.48. The molecule has 2 fully saturated rings. The number of esters is 1. The molecule has 2 aliphatic rings. The van der Waals surface area contributed by atoms with E-state index in [0.29, 0.717) is 46.0 Å². The lowest BCUT2D eigenvalue weighted by atomic mass is 9.87. The second kappa shape index (κ2) is 11.4. The average Bonchev–Trinajstić information content (AvgIpc) is 3.59. The molecule has 0 bridgehead atoms. The Bertz CT molecular complexity index is 1420. The number of hydrogen-bond donors (Lipinski definition) is 0. The van der Waals surface area contributed by atoms with E-state index in [1.807, 2.05) is 19.1 Å². The minimum Gasteiger partial charge on any atom is -0.467 e. The number of rotatable bonds is 6. The fourth-order valence-corrected chi connectivity index (χ4v) is 6.22. The van der Waals surface area contributed by atoms with Gasteiger partial charge in [0.1, 0.15) is 5.69 Å². The van der Waals surface area contributed by atoms with Crippen molar-refractivity contribution in [1.82, 2.24) is 24.8 Å². The summed E-state index contributed by atoms with van der Waals surface area (Å²) < 4.78 is 6.68. The van der Waals surface area contributed by atoms with Gasteiger partial charge in [-0.2, -0.15) is 0 Å². The molecule has 210 valence electrons. The highest BCUT2D eigenvalue weighted by molar-refractivity contribution is 6.35. The zero-order valence-corrected chi connectivity index (χ0v) is 24.3. The van der Waals surface area contributed by atoms with Crippen LogP contribution in [0.15, 0.2) is 48.7 Å². The number of nitrogens with zero attached hydrogens (tertiary/aromatic N) is 5. The number of carbonyl (C=O) groups excluding carboxylic acids is 3. The third-order valence-electron chi connectivity index (χ3n) is 7.89. The van der Waals surface area contributed by atoms with Gasteiger partial charge in [0.25, 0.3) is 0 Å². The number of ether oxygens (including phenoxy) is 1. The van der Waals surface area contributed by atoms with Crippen LogP contribution < -0.4 is 0 Å². The molecule has 40 heavy (non-hydrogen) atoms. The molecule has 0 N–H and O–H groups in total. The Labute approximate surface area is 246 Å². The summed E-state index contributed by atoms with van der Waals surface area (Å²) in [6, 6.07) is 12.2. The summed E-state index contributed by atoms with van der Waals surface area (Å²) in [6.07, 6.45) is 2.40. The predicted molar refractivity (Wildman–Crippen MR) is 151 cm³/mol. The molecule has 12 heteroatoms. The molecule has 0 radical (unpaired) electrons. The van der Waals surface area contributed by atoms with Gasteiger partial charge in [0.2, 0.25) is 11.8 Å². The molecule has 2 aromatic carbocycles. The maximum Gasteiger partial charge on any atom is 0.334 e. The molecule has 1 aromatic heterocycles. The van der Waals surface area contributed by atoms with Gasteiger partial charge in [-0.05, 0) is 42.8 Å². The van der Waals surface area contributed by atoms with Crippen LogP contribution in [0.3, 0.4) is 0 Å². The lowest BCUT2D eigenvalue weighted by Gasteiger charge is -2.40. The van der Waals surface area contributed by atoms with Crippen molar-refractivity contribution < 1.29 is 19.1 Å². The van der Waals surface area contributed by atoms with Gasteiger partial charge in [-0.3, -0.25) is 9.59 Å². The van der Waals surface area contributed by atoms with Crippen molar-refractivity contribution in [3.8, 4) is 11.3 Å². The van der Waals surface area contributed by atoms with E-state index in [1.54, 1.807) is 46.3 Å². The number of benzene rings is 2. The molecular weight excluding hydrogens is 577 g/mol. The Kier molecular flexibility index (Phi) is 8.08. The largest absolute Gasteiger partial charge is 0.467 e. The Morgan fingerprint density at radius 1 is 1.02 bits per heavy atom. The summed E-state index contributed by atoms with van der Waals surface area (Å²) in [6.45, 7) is 2.91. The van der Waals surface area contributed by atoms with Crippen LogP contribution in [0.25, 0.3) is 11.3 Å². The highest BCUT2D eigenvalue weighted by atomic mass is 35.5. The first-order valence-corrected chi connectivity index (χ1v) is 14.1. The minimum atomic E-state index is -1.13. The molecule has 9 nitrogen and oxygen atoms in total. The molecule has 2 amide bonds. The van der Waals surface area contributed by atoms with Gasteiger partial charge in [-0.1, -0.05) is 52.1 Å². The average molecular weight is 605 g/mol. The first-order chi connectivity index (χ1) is 19.1. The Morgan fingerprint density at radius 3 is 2.30 bits per heavy atom. The SMILES string of the molecule is COC(=O)C1(n2cc(-c3cc(Cl)cc(Cl)c3)nn2)CCN(C(=O)C2CC(=O)N([C@@H](C)c3ccc(Cl)cc3)C2)CC1. The first-order valence-electron chi connectivity index (χ1n) is 12.9. The van der Waals surface area contributed by atoms with Crippen LogP contribution >= 0.6 is 34.8 Å². The fourth-order valence-electron chi connectivity index (χ4n) is 5.57. The van der Waals surface area contributed by atoms with Gasteiger partial charge in [0.15, 0.2) is 5.54 Å². The zero-order valence-electron chi connectivity index (χ0n) is 22.0. The maximum absolute atomic E-state index is 13.5. The number of hydrogen-bond acceptors (Lipinski definition) is 6. The number of carbonyl (C=O) groups is 3. The number of halogens is 3. The van der Waals surface area contributed by atoms with Crippen molar-refractivity contribution in [2.75, 3.05) is 26.7 Å². The summed E-state index contributed by atoms with van der Waals surface area (Å²) in [5.74, 6) is -1.05. The lowest BCUT2D eigenvalue weighted by Crippen LogP contribution is -2.54. The number of likely N-dealkylation sites (tertiary alicyclic amines) is 2. The normalized spacial score (nSPS) is 19.5. The van der Waals surface area contributed by atoms with Crippen molar-refractivity contribution in [2.24, 2.45) is 5.92 Å². The van der Waals surface area contributed by atoms with E-state index in [9.17, 15) is 14.4 Å². The maximum atomic E-state index is 13.5. The van der Waals surface area contributed by atoms with Gasteiger partial charge >= 0.3 is 5.97 Å². The second-order valence-corrected chi connectivity index (χ2v) is 11.5. The van der Waals surface area contributed by atoms with Crippen molar-refractivity contribution in [2.45, 2.75) is 37.8 Å². The summed E-state index contributed by atoms with van der Waals surface area (Å²) in [4.78, 5) is 42.9. The standard InChI is InChI=1S/C28H28Cl3N5O4/c1-17(18-3-5-21(29)6-4-18)35-15-20(13-25(35)37)26(38)34-9-7-28(8-10-34,27(39)40-2)36-16-24(32-33-36)19-11-22(30)14-23(31)12-19/h3-6,11-12,14,16-17,20H,7-10,13,15H2,1-2H3/t17-,20?/m0/s1. The monoisotopic (exact) mass is 603 g/mol.